The molecule has 0 saturated carbocycles. The number of ether oxygens (including phenoxy) is 1. The summed E-state index contributed by atoms with van der Waals surface area (Å²) in [5.41, 5.74) is 1.85. The van der Waals surface area contributed by atoms with Gasteiger partial charge in [0.2, 0.25) is 5.91 Å². The van der Waals surface area contributed by atoms with Gasteiger partial charge in [0, 0.05) is 24.2 Å². The van der Waals surface area contributed by atoms with Crippen molar-refractivity contribution < 1.29 is 9.53 Å². The van der Waals surface area contributed by atoms with E-state index in [1.54, 1.807) is 0 Å². The van der Waals surface area contributed by atoms with Gasteiger partial charge in [0.1, 0.15) is 0 Å². The molecule has 1 aromatic heterocycles. The minimum absolute atomic E-state index is 0.00471. The van der Waals surface area contributed by atoms with Gasteiger partial charge in [0.25, 0.3) is 0 Å². The normalized spacial score (nSPS) is 17.8. The van der Waals surface area contributed by atoms with Crippen molar-refractivity contribution in [3.63, 3.8) is 0 Å². The second kappa shape index (κ2) is 7.07. The highest BCUT2D eigenvalue weighted by atomic mass is 32.2. The van der Waals surface area contributed by atoms with Gasteiger partial charge in [-0.25, -0.2) is 9.97 Å². The number of thioether (sulfide) groups is 1. The van der Waals surface area contributed by atoms with E-state index in [2.05, 4.69) is 15.3 Å². The van der Waals surface area contributed by atoms with Crippen LogP contribution in [0.5, 0.6) is 0 Å². The first-order chi connectivity index (χ1) is 10.7. The van der Waals surface area contributed by atoms with Gasteiger partial charge in [-0.05, 0) is 25.8 Å². The molecule has 1 aromatic carbocycles. The van der Waals surface area contributed by atoms with Crippen molar-refractivity contribution in [3.05, 3.63) is 30.0 Å². The Kier molecular flexibility index (Phi) is 4.90. The van der Waals surface area contributed by atoms with Gasteiger partial charge in [-0.2, -0.15) is 0 Å². The Bertz CT molecular complexity index is 671. The van der Waals surface area contributed by atoms with Crippen molar-refractivity contribution in [2.24, 2.45) is 0 Å². The van der Waals surface area contributed by atoms with E-state index in [0.29, 0.717) is 17.5 Å². The van der Waals surface area contributed by atoms with Gasteiger partial charge < -0.3 is 10.1 Å². The van der Waals surface area contributed by atoms with Crippen molar-refractivity contribution >= 4 is 28.6 Å². The van der Waals surface area contributed by atoms with Crippen molar-refractivity contribution in [3.8, 4) is 0 Å². The predicted molar refractivity (Wildman–Crippen MR) is 87.0 cm³/mol. The monoisotopic (exact) mass is 317 g/mol. The van der Waals surface area contributed by atoms with E-state index in [-0.39, 0.29) is 12.0 Å². The van der Waals surface area contributed by atoms with Crippen LogP contribution in [0.4, 0.5) is 0 Å². The SMILES string of the molecule is Cc1nc(SCC(=O)NC[C@H]2CCCO2)nc2ccccc12. The number of benzene rings is 1. The molecule has 1 aliphatic rings. The smallest absolute Gasteiger partial charge is 0.230 e. The Hall–Kier alpha value is -1.66. The number of carbonyl (C=O) groups excluding carboxylic acids is 1. The summed E-state index contributed by atoms with van der Waals surface area (Å²) >= 11 is 1.36. The zero-order chi connectivity index (χ0) is 15.4. The zero-order valence-corrected chi connectivity index (χ0v) is 13.4. The number of nitrogens with zero attached hydrogens (tertiary/aromatic N) is 2. The van der Waals surface area contributed by atoms with Crippen molar-refractivity contribution in [2.45, 2.75) is 31.0 Å². The lowest BCUT2D eigenvalue weighted by Crippen LogP contribution is -2.32. The first-order valence-electron chi connectivity index (χ1n) is 7.47. The number of rotatable bonds is 5. The number of nitrogens with one attached hydrogen (secondary N) is 1. The molecule has 2 heterocycles. The third-order valence-corrected chi connectivity index (χ3v) is 4.50. The molecule has 1 aliphatic heterocycles. The molecule has 0 bridgehead atoms. The van der Waals surface area contributed by atoms with Crippen molar-refractivity contribution in [1.82, 2.24) is 15.3 Å². The quantitative estimate of drug-likeness (QED) is 0.677. The summed E-state index contributed by atoms with van der Waals surface area (Å²) in [6.07, 6.45) is 2.29. The number of amides is 1. The molecule has 2 aromatic rings. The summed E-state index contributed by atoms with van der Waals surface area (Å²) in [5, 5.41) is 4.60. The van der Waals surface area contributed by atoms with E-state index < -0.39 is 0 Å². The average Bonchev–Trinajstić information content (AvgIpc) is 3.04. The molecule has 1 fully saturated rings. The van der Waals surface area contributed by atoms with Gasteiger partial charge in [-0.1, -0.05) is 30.0 Å². The molecule has 1 amide bonds. The Morgan fingerprint density at radius 1 is 1.41 bits per heavy atom. The van der Waals surface area contributed by atoms with Crippen LogP contribution < -0.4 is 5.32 Å². The second-order valence-corrected chi connectivity index (χ2v) is 6.28. The first-order valence-corrected chi connectivity index (χ1v) is 8.45. The molecule has 0 radical (unpaired) electrons. The Morgan fingerprint density at radius 3 is 3.09 bits per heavy atom. The number of hydrogen-bond donors (Lipinski definition) is 1. The number of aryl methyl sites for hydroxylation is 1. The number of hydrogen-bond acceptors (Lipinski definition) is 5. The minimum Gasteiger partial charge on any atom is -0.376 e. The van der Waals surface area contributed by atoms with E-state index in [1.807, 2.05) is 31.2 Å². The Morgan fingerprint density at radius 2 is 2.27 bits per heavy atom. The summed E-state index contributed by atoms with van der Waals surface area (Å²) in [6.45, 7) is 3.36. The predicted octanol–water partition coefficient (Wildman–Crippen LogP) is 2.33. The highest BCUT2D eigenvalue weighted by Crippen LogP contribution is 2.20. The topological polar surface area (TPSA) is 64.1 Å². The maximum absolute atomic E-state index is 11.9. The van der Waals surface area contributed by atoms with Crippen LogP contribution in [0.1, 0.15) is 18.5 Å². The van der Waals surface area contributed by atoms with Crippen LogP contribution in [0.15, 0.2) is 29.4 Å². The van der Waals surface area contributed by atoms with Crippen LogP contribution in [-0.4, -0.2) is 40.9 Å². The van der Waals surface area contributed by atoms with E-state index in [4.69, 9.17) is 4.74 Å². The molecule has 1 saturated heterocycles. The van der Waals surface area contributed by atoms with E-state index in [1.165, 1.54) is 11.8 Å². The van der Waals surface area contributed by atoms with Crippen LogP contribution in [0, 0.1) is 6.92 Å². The molecule has 1 N–H and O–H groups in total. The third-order valence-electron chi connectivity index (χ3n) is 3.66. The Labute approximate surface area is 133 Å². The summed E-state index contributed by atoms with van der Waals surface area (Å²) in [5.74, 6) is 0.319. The Balaban J connectivity index is 1.55. The van der Waals surface area contributed by atoms with Crippen LogP contribution >= 0.6 is 11.8 Å². The maximum atomic E-state index is 11.9. The van der Waals surface area contributed by atoms with Crippen LogP contribution in [0.3, 0.4) is 0 Å². The largest absolute Gasteiger partial charge is 0.376 e. The lowest BCUT2D eigenvalue weighted by molar-refractivity contribution is -0.119. The highest BCUT2D eigenvalue weighted by Gasteiger charge is 2.16. The summed E-state index contributed by atoms with van der Waals surface area (Å²) in [4.78, 5) is 20.8. The number of fused-ring (bicyclic) bond motifs is 1. The molecule has 3 rings (SSSR count). The fourth-order valence-electron chi connectivity index (χ4n) is 2.49. The fraction of sp³-hybridized carbons (Fsp3) is 0.438. The van der Waals surface area contributed by atoms with Gasteiger partial charge in [-0.3, -0.25) is 4.79 Å². The molecule has 5 nitrogen and oxygen atoms in total. The lowest BCUT2D eigenvalue weighted by atomic mass is 10.2. The van der Waals surface area contributed by atoms with Gasteiger partial charge in [0.15, 0.2) is 5.16 Å². The van der Waals surface area contributed by atoms with Gasteiger partial charge >= 0.3 is 0 Å². The molecular weight excluding hydrogens is 298 g/mol. The molecule has 22 heavy (non-hydrogen) atoms. The number of aromatic nitrogens is 2. The third kappa shape index (κ3) is 3.75. The van der Waals surface area contributed by atoms with Crippen LogP contribution in [-0.2, 0) is 9.53 Å². The van der Waals surface area contributed by atoms with Crippen molar-refractivity contribution in [2.75, 3.05) is 18.9 Å². The average molecular weight is 317 g/mol. The highest BCUT2D eigenvalue weighted by molar-refractivity contribution is 7.99. The molecule has 116 valence electrons. The summed E-state index contributed by atoms with van der Waals surface area (Å²) < 4.78 is 5.48. The van der Waals surface area contributed by atoms with Gasteiger partial charge in [0.05, 0.1) is 17.4 Å². The summed E-state index contributed by atoms with van der Waals surface area (Å²) in [6, 6.07) is 7.90. The molecule has 0 unspecified atom stereocenters. The molecule has 6 heteroatoms. The van der Waals surface area contributed by atoms with E-state index in [0.717, 1.165) is 36.0 Å². The lowest BCUT2D eigenvalue weighted by Gasteiger charge is -2.10. The maximum Gasteiger partial charge on any atom is 0.230 e. The van der Waals surface area contributed by atoms with Crippen molar-refractivity contribution in [1.29, 1.82) is 0 Å². The molecule has 0 spiro atoms. The zero-order valence-electron chi connectivity index (χ0n) is 12.5. The van der Waals surface area contributed by atoms with E-state index >= 15 is 0 Å². The fourth-order valence-corrected chi connectivity index (χ4v) is 3.21. The van der Waals surface area contributed by atoms with Gasteiger partial charge in [-0.15, -0.1) is 0 Å². The standard InChI is InChI=1S/C16H19N3O2S/c1-11-13-6-2-3-7-14(13)19-16(18-11)22-10-15(20)17-9-12-5-4-8-21-12/h2-3,6-7,12H,4-5,8-10H2,1H3,(H,17,20)/t12-/m1/s1. The van der Waals surface area contributed by atoms with E-state index in [9.17, 15) is 4.79 Å². The summed E-state index contributed by atoms with van der Waals surface area (Å²) in [7, 11) is 0. The number of para-hydroxylation sites is 1. The van der Waals surface area contributed by atoms with Crippen LogP contribution in [0.2, 0.25) is 0 Å². The molecule has 1 atom stereocenters. The molecule has 0 aliphatic carbocycles. The molecular formula is C16H19N3O2S. The minimum atomic E-state index is -0.00471. The first kappa shape index (κ1) is 15.2. The second-order valence-electron chi connectivity index (χ2n) is 5.34. The number of carbonyl (C=O) groups is 1. The van der Waals surface area contributed by atoms with Crippen LogP contribution in [0.25, 0.3) is 10.9 Å².